The van der Waals surface area contributed by atoms with Crippen molar-refractivity contribution in [3.05, 3.63) is 69.4 Å². The summed E-state index contributed by atoms with van der Waals surface area (Å²) in [6, 6.07) is 5.20. The van der Waals surface area contributed by atoms with Crippen molar-refractivity contribution in [3.63, 3.8) is 0 Å². The second kappa shape index (κ2) is 19.5. The van der Waals surface area contributed by atoms with Gasteiger partial charge < -0.3 is 31.5 Å². The van der Waals surface area contributed by atoms with Gasteiger partial charge in [-0.05, 0) is 56.6 Å². The maximum atomic E-state index is 14.2. The molecule has 5 atom stereocenters. The molecule has 3 heterocycles. The van der Waals surface area contributed by atoms with Crippen molar-refractivity contribution in [1.29, 1.82) is 0 Å². The van der Waals surface area contributed by atoms with E-state index in [-0.39, 0.29) is 31.1 Å². The number of thioether (sulfide) groups is 1. The second-order valence-corrected chi connectivity index (χ2v) is 15.6. The molecule has 292 valence electrons. The molecule has 0 unspecified atom stereocenters. The normalized spacial score (nSPS) is 22.4. The van der Waals surface area contributed by atoms with Crippen LogP contribution in [0, 0.1) is 12.8 Å². The zero-order valence-corrected chi connectivity index (χ0v) is 33.4. The molecule has 0 aliphatic carbocycles. The van der Waals surface area contributed by atoms with E-state index in [2.05, 4.69) is 36.7 Å². The summed E-state index contributed by atoms with van der Waals surface area (Å²) in [5, 5.41) is 20.5. The topological polar surface area (TPSA) is 197 Å². The average molecular weight is 782 g/mol. The molecule has 6 amide bonds. The van der Waals surface area contributed by atoms with Crippen LogP contribution in [0.2, 0.25) is 0 Å². The quantitative estimate of drug-likeness (QED) is 0.228. The molecule has 0 fully saturated rings. The number of aromatic nitrogens is 3. The number of fused-ring (bicyclic) bond motifs is 2. The fourth-order valence-corrected chi connectivity index (χ4v) is 7.42. The fourth-order valence-electron chi connectivity index (χ4n) is 5.93. The number of hydrogen-bond acceptors (Lipinski definition) is 10. The summed E-state index contributed by atoms with van der Waals surface area (Å²) >= 11 is 2.70. The van der Waals surface area contributed by atoms with E-state index >= 15 is 0 Å². The molecular weight excluding hydrogens is 731 g/mol. The Morgan fingerprint density at radius 2 is 1.67 bits per heavy atom. The van der Waals surface area contributed by atoms with Crippen LogP contribution in [-0.2, 0) is 32.6 Å². The van der Waals surface area contributed by atoms with Crippen LogP contribution in [0.15, 0.2) is 41.9 Å². The molecule has 5 N–H and O–H groups in total. The van der Waals surface area contributed by atoms with Crippen LogP contribution in [0.25, 0.3) is 0 Å². The minimum Gasteiger partial charge on any atom is -0.349 e. The highest BCUT2D eigenvalue weighted by Gasteiger charge is 2.32. The number of thiazole rings is 1. The molecule has 3 aromatic rings. The lowest BCUT2D eigenvalue weighted by molar-refractivity contribution is -0.132. The highest BCUT2D eigenvalue weighted by atomic mass is 32.2. The van der Waals surface area contributed by atoms with Gasteiger partial charge in [0.1, 0.15) is 28.8 Å². The van der Waals surface area contributed by atoms with Crippen molar-refractivity contribution in [2.45, 2.75) is 84.1 Å². The first-order chi connectivity index (χ1) is 25.7. The van der Waals surface area contributed by atoms with Gasteiger partial charge in [-0.15, -0.1) is 11.3 Å². The van der Waals surface area contributed by atoms with Gasteiger partial charge in [0.15, 0.2) is 0 Å². The molecule has 4 rings (SSSR count). The van der Waals surface area contributed by atoms with E-state index in [1.54, 1.807) is 31.0 Å². The van der Waals surface area contributed by atoms with E-state index in [9.17, 15) is 28.8 Å². The van der Waals surface area contributed by atoms with Gasteiger partial charge in [-0.3, -0.25) is 33.4 Å². The van der Waals surface area contributed by atoms with Gasteiger partial charge in [-0.25, -0.2) is 4.98 Å². The van der Waals surface area contributed by atoms with E-state index < -0.39 is 65.7 Å². The Kier molecular flexibility index (Phi) is 15.2. The average Bonchev–Trinajstić information content (AvgIpc) is 3.76. The molecule has 1 aliphatic rings. The Hall–Kier alpha value is -4.77. The van der Waals surface area contributed by atoms with Crippen LogP contribution in [0.1, 0.15) is 83.7 Å². The number of nitrogens with zero attached hydrogens (tertiary/aromatic N) is 4. The standard InChI is InChI=1S/C37H51N9O6S2/c1-8-27-33(49)42-28(14-15-53-7)34(50)40-25(16-24-12-10-9-11-13-24)18-46(37(52)26-17-38-45(6)23(26)5)19-30(47)44-31(21(2)3)36-43-29(20-54-36)35(51)39-22(4)32(48)41-27/h9-13,17,20-22,25,27-28,31H,8,14-16,18-19H2,1-7H3,(H,39,51)(H,40,50)(H,41,48)(H,42,49)(H,44,47)/t22-,25+,27+,28+,31+/m1/s1. The van der Waals surface area contributed by atoms with Crippen molar-refractivity contribution in [1.82, 2.24) is 46.2 Å². The minimum absolute atomic E-state index is 0.0517. The van der Waals surface area contributed by atoms with E-state index in [1.807, 2.05) is 50.4 Å². The molecule has 0 spiro atoms. The second-order valence-electron chi connectivity index (χ2n) is 13.7. The maximum absolute atomic E-state index is 14.2. The van der Waals surface area contributed by atoms with Crippen LogP contribution in [0.4, 0.5) is 0 Å². The summed E-state index contributed by atoms with van der Waals surface area (Å²) in [5.41, 5.74) is 1.87. The molecular formula is C37H51N9O6S2. The highest BCUT2D eigenvalue weighted by molar-refractivity contribution is 7.98. The monoisotopic (exact) mass is 781 g/mol. The number of aryl methyl sites for hydroxylation is 1. The smallest absolute Gasteiger partial charge is 0.271 e. The Morgan fingerprint density at radius 3 is 2.30 bits per heavy atom. The van der Waals surface area contributed by atoms with Crippen LogP contribution in [0.5, 0.6) is 0 Å². The molecule has 15 nitrogen and oxygen atoms in total. The van der Waals surface area contributed by atoms with Crippen LogP contribution < -0.4 is 26.6 Å². The number of amides is 6. The third-order valence-corrected chi connectivity index (χ3v) is 10.8. The van der Waals surface area contributed by atoms with Crippen LogP contribution >= 0.6 is 23.1 Å². The number of carbonyl (C=O) groups is 6. The van der Waals surface area contributed by atoms with Gasteiger partial charge in [0.05, 0.1) is 30.4 Å². The molecule has 2 aromatic heterocycles. The lowest BCUT2D eigenvalue weighted by Gasteiger charge is -2.30. The summed E-state index contributed by atoms with van der Waals surface area (Å²) in [6.45, 7) is 8.39. The van der Waals surface area contributed by atoms with Gasteiger partial charge >= 0.3 is 0 Å². The van der Waals surface area contributed by atoms with Crippen molar-refractivity contribution in [2.75, 3.05) is 25.1 Å². The van der Waals surface area contributed by atoms with Gasteiger partial charge in [0.25, 0.3) is 11.8 Å². The van der Waals surface area contributed by atoms with E-state index in [0.29, 0.717) is 34.9 Å². The van der Waals surface area contributed by atoms with E-state index in [4.69, 9.17) is 0 Å². The first-order valence-corrected chi connectivity index (χ1v) is 20.3. The Labute approximate surface area is 324 Å². The van der Waals surface area contributed by atoms with Gasteiger partial charge in [-0.1, -0.05) is 51.1 Å². The van der Waals surface area contributed by atoms with Crippen LogP contribution in [-0.4, -0.2) is 104 Å². The SMILES string of the molecule is CC[C@@H]1NC(=O)[C@@H](C)NC(=O)c2csc(n2)[C@H](C(C)C)NC(=O)CN(C(=O)c2cnn(C)c2C)C[C@H](Cc2ccccc2)NC(=O)[C@H](CCSC)NC1=O. The molecule has 1 aliphatic heterocycles. The minimum atomic E-state index is -1.01. The Morgan fingerprint density at radius 1 is 0.981 bits per heavy atom. The summed E-state index contributed by atoms with van der Waals surface area (Å²) in [7, 11) is 1.72. The lowest BCUT2D eigenvalue weighted by atomic mass is 10.0. The molecule has 2 bridgehead atoms. The van der Waals surface area contributed by atoms with E-state index in [1.165, 1.54) is 41.1 Å². The molecule has 54 heavy (non-hydrogen) atoms. The zero-order valence-electron chi connectivity index (χ0n) is 31.8. The van der Waals surface area contributed by atoms with Gasteiger partial charge in [-0.2, -0.15) is 16.9 Å². The lowest BCUT2D eigenvalue weighted by Crippen LogP contribution is -2.58. The first kappa shape index (κ1) is 42.0. The number of benzene rings is 1. The summed E-state index contributed by atoms with van der Waals surface area (Å²) in [4.78, 5) is 88.1. The predicted octanol–water partition coefficient (Wildman–Crippen LogP) is 2.13. The van der Waals surface area contributed by atoms with Gasteiger partial charge in [0.2, 0.25) is 23.6 Å². The number of nitrogens with one attached hydrogen (secondary N) is 5. The first-order valence-electron chi connectivity index (χ1n) is 18.0. The predicted molar refractivity (Wildman–Crippen MR) is 208 cm³/mol. The summed E-state index contributed by atoms with van der Waals surface area (Å²) < 4.78 is 1.57. The highest BCUT2D eigenvalue weighted by Crippen LogP contribution is 2.25. The Bertz CT molecular complexity index is 1800. The molecule has 17 heteroatoms. The number of carbonyl (C=O) groups excluding carboxylic acids is 6. The molecule has 1 aromatic carbocycles. The van der Waals surface area contributed by atoms with Gasteiger partial charge in [0, 0.05) is 24.7 Å². The number of rotatable bonds is 8. The van der Waals surface area contributed by atoms with Crippen molar-refractivity contribution in [2.24, 2.45) is 13.0 Å². The largest absolute Gasteiger partial charge is 0.349 e. The fraction of sp³-hybridized carbons (Fsp3) is 0.514. The molecule has 0 saturated carbocycles. The maximum Gasteiger partial charge on any atom is 0.271 e. The molecule has 0 radical (unpaired) electrons. The summed E-state index contributed by atoms with van der Waals surface area (Å²) in [6.07, 6.45) is 4.18. The summed E-state index contributed by atoms with van der Waals surface area (Å²) in [5.74, 6) is -2.72. The third kappa shape index (κ3) is 11.1. The van der Waals surface area contributed by atoms with Crippen molar-refractivity contribution in [3.8, 4) is 0 Å². The number of hydrogen-bond donors (Lipinski definition) is 5. The van der Waals surface area contributed by atoms with Crippen molar-refractivity contribution < 1.29 is 28.8 Å². The molecule has 0 saturated heterocycles. The van der Waals surface area contributed by atoms with E-state index in [0.717, 1.165) is 5.56 Å². The van der Waals surface area contributed by atoms with Crippen LogP contribution in [0.3, 0.4) is 0 Å². The Balaban J connectivity index is 1.78. The van der Waals surface area contributed by atoms with Crippen molar-refractivity contribution >= 4 is 58.5 Å². The zero-order chi connectivity index (χ0) is 39.5. The third-order valence-electron chi connectivity index (χ3n) is 9.23.